The van der Waals surface area contributed by atoms with Crippen molar-refractivity contribution in [3.63, 3.8) is 0 Å². The topological polar surface area (TPSA) is 101 Å². The standard InChI is InChI=1S/C10H20N2O4S/c11-4-1-2-10(14)12(5-6-13)9-3-7-17(15,16)8-9/h9,13H,1-8,11H2. The Labute approximate surface area is 102 Å². The maximum atomic E-state index is 11.9. The van der Waals surface area contributed by atoms with E-state index in [1.165, 1.54) is 4.90 Å². The first-order valence-corrected chi connectivity index (χ1v) is 7.63. The largest absolute Gasteiger partial charge is 0.395 e. The van der Waals surface area contributed by atoms with E-state index >= 15 is 0 Å². The van der Waals surface area contributed by atoms with Crippen molar-refractivity contribution < 1.29 is 18.3 Å². The van der Waals surface area contributed by atoms with Crippen LogP contribution in [0.15, 0.2) is 0 Å². The fraction of sp³-hybridized carbons (Fsp3) is 0.900. The third-order valence-corrected chi connectivity index (χ3v) is 4.66. The Kier molecular flexibility index (Phi) is 5.35. The molecule has 7 heteroatoms. The lowest BCUT2D eigenvalue weighted by molar-refractivity contribution is -0.133. The van der Waals surface area contributed by atoms with E-state index in [0.29, 0.717) is 25.8 Å². The summed E-state index contributed by atoms with van der Waals surface area (Å²) in [5, 5.41) is 8.93. The molecule has 1 aliphatic rings. The fourth-order valence-corrected chi connectivity index (χ4v) is 3.77. The van der Waals surface area contributed by atoms with Gasteiger partial charge < -0.3 is 15.7 Å². The minimum atomic E-state index is -3.01. The van der Waals surface area contributed by atoms with E-state index in [0.717, 1.165) is 0 Å². The predicted octanol–water partition coefficient (Wildman–Crippen LogP) is -1.27. The summed E-state index contributed by atoms with van der Waals surface area (Å²) in [6, 6.07) is -0.280. The molecule has 0 bridgehead atoms. The van der Waals surface area contributed by atoms with Crippen molar-refractivity contribution in [2.45, 2.75) is 25.3 Å². The van der Waals surface area contributed by atoms with Crippen molar-refractivity contribution >= 4 is 15.7 Å². The van der Waals surface area contributed by atoms with Crippen molar-refractivity contribution in [2.75, 3.05) is 31.2 Å². The van der Waals surface area contributed by atoms with Crippen LogP contribution in [0.4, 0.5) is 0 Å². The van der Waals surface area contributed by atoms with Crippen molar-refractivity contribution in [1.82, 2.24) is 4.90 Å². The van der Waals surface area contributed by atoms with Crippen molar-refractivity contribution in [1.29, 1.82) is 0 Å². The van der Waals surface area contributed by atoms with Gasteiger partial charge in [-0.05, 0) is 19.4 Å². The molecule has 1 amide bonds. The number of hydrogen-bond donors (Lipinski definition) is 2. The summed E-state index contributed by atoms with van der Waals surface area (Å²) in [5.41, 5.74) is 5.33. The molecule has 6 nitrogen and oxygen atoms in total. The van der Waals surface area contributed by atoms with Crippen LogP contribution in [-0.4, -0.2) is 61.6 Å². The minimum Gasteiger partial charge on any atom is -0.395 e. The summed E-state index contributed by atoms with van der Waals surface area (Å²) in [6.45, 7) is 0.482. The summed E-state index contributed by atoms with van der Waals surface area (Å²) < 4.78 is 22.7. The Morgan fingerprint density at radius 2 is 2.18 bits per heavy atom. The van der Waals surface area contributed by atoms with E-state index in [9.17, 15) is 13.2 Å². The maximum Gasteiger partial charge on any atom is 0.222 e. The molecule has 17 heavy (non-hydrogen) atoms. The van der Waals surface area contributed by atoms with E-state index < -0.39 is 9.84 Å². The number of nitrogens with zero attached hydrogens (tertiary/aromatic N) is 1. The van der Waals surface area contributed by atoms with Crippen molar-refractivity contribution in [3.8, 4) is 0 Å². The number of sulfone groups is 1. The van der Waals surface area contributed by atoms with Gasteiger partial charge in [0.1, 0.15) is 0 Å². The van der Waals surface area contributed by atoms with Gasteiger partial charge in [0.15, 0.2) is 9.84 Å². The Balaban J connectivity index is 2.62. The molecular weight excluding hydrogens is 244 g/mol. The molecule has 0 aromatic rings. The van der Waals surface area contributed by atoms with Gasteiger partial charge in [-0.15, -0.1) is 0 Å². The highest BCUT2D eigenvalue weighted by molar-refractivity contribution is 7.91. The Morgan fingerprint density at radius 3 is 2.65 bits per heavy atom. The summed E-state index contributed by atoms with van der Waals surface area (Å²) in [4.78, 5) is 13.3. The molecule has 0 aliphatic carbocycles. The summed E-state index contributed by atoms with van der Waals surface area (Å²) in [5.74, 6) is 0.0251. The number of amides is 1. The third-order valence-electron chi connectivity index (χ3n) is 2.91. The predicted molar refractivity (Wildman–Crippen MR) is 64.1 cm³/mol. The number of hydrogen-bond acceptors (Lipinski definition) is 5. The van der Waals surface area contributed by atoms with Crippen LogP contribution >= 0.6 is 0 Å². The first-order valence-electron chi connectivity index (χ1n) is 5.81. The van der Waals surface area contributed by atoms with E-state index in [4.69, 9.17) is 10.8 Å². The first-order chi connectivity index (χ1) is 8.00. The molecule has 0 aromatic carbocycles. The number of aliphatic hydroxyl groups excluding tert-OH is 1. The van der Waals surface area contributed by atoms with Crippen LogP contribution in [0.1, 0.15) is 19.3 Å². The van der Waals surface area contributed by atoms with E-state index in [1.54, 1.807) is 0 Å². The van der Waals surface area contributed by atoms with Crippen molar-refractivity contribution in [2.24, 2.45) is 5.73 Å². The van der Waals surface area contributed by atoms with E-state index in [-0.39, 0.29) is 36.6 Å². The highest BCUT2D eigenvalue weighted by Crippen LogP contribution is 2.18. The van der Waals surface area contributed by atoms with Gasteiger partial charge in [-0.2, -0.15) is 0 Å². The van der Waals surface area contributed by atoms with Crippen LogP contribution in [0, 0.1) is 0 Å². The van der Waals surface area contributed by atoms with Gasteiger partial charge >= 0.3 is 0 Å². The molecule has 1 saturated heterocycles. The summed E-state index contributed by atoms with van der Waals surface area (Å²) in [7, 11) is -3.01. The molecular formula is C10H20N2O4S. The zero-order chi connectivity index (χ0) is 12.9. The van der Waals surface area contributed by atoms with Crippen LogP contribution in [0.2, 0.25) is 0 Å². The molecule has 100 valence electrons. The SMILES string of the molecule is NCCCC(=O)N(CCO)C1CCS(=O)(=O)C1. The van der Waals surface area contributed by atoms with Gasteiger partial charge in [0.05, 0.1) is 18.1 Å². The number of nitrogens with two attached hydrogens (primary N) is 1. The zero-order valence-corrected chi connectivity index (χ0v) is 10.7. The van der Waals surface area contributed by atoms with E-state index in [1.807, 2.05) is 0 Å². The van der Waals surface area contributed by atoms with E-state index in [2.05, 4.69) is 0 Å². The molecule has 0 saturated carbocycles. The van der Waals surface area contributed by atoms with Gasteiger partial charge in [0.2, 0.25) is 5.91 Å². The molecule has 1 fully saturated rings. The fourth-order valence-electron chi connectivity index (χ4n) is 2.04. The average molecular weight is 264 g/mol. The number of carbonyl (C=O) groups excluding carboxylic acids is 1. The van der Waals surface area contributed by atoms with Crippen LogP contribution in [0.25, 0.3) is 0 Å². The zero-order valence-electron chi connectivity index (χ0n) is 9.84. The molecule has 1 atom stereocenters. The lowest BCUT2D eigenvalue weighted by Crippen LogP contribution is -2.42. The molecule has 1 heterocycles. The first kappa shape index (κ1) is 14.4. The second-order valence-electron chi connectivity index (χ2n) is 4.26. The third kappa shape index (κ3) is 4.25. The normalized spacial score (nSPS) is 22.6. The number of carbonyl (C=O) groups is 1. The van der Waals surface area contributed by atoms with Crippen LogP contribution < -0.4 is 5.73 Å². The van der Waals surface area contributed by atoms with Gasteiger partial charge in [0, 0.05) is 19.0 Å². The van der Waals surface area contributed by atoms with Gasteiger partial charge in [-0.25, -0.2) is 8.42 Å². The van der Waals surface area contributed by atoms with Gasteiger partial charge in [-0.3, -0.25) is 4.79 Å². The molecule has 3 N–H and O–H groups in total. The highest BCUT2D eigenvalue weighted by atomic mass is 32.2. The van der Waals surface area contributed by atoms with Crippen molar-refractivity contribution in [3.05, 3.63) is 0 Å². The highest BCUT2D eigenvalue weighted by Gasteiger charge is 2.33. The van der Waals surface area contributed by atoms with Crippen LogP contribution in [-0.2, 0) is 14.6 Å². The molecule has 0 radical (unpaired) electrons. The lowest BCUT2D eigenvalue weighted by Gasteiger charge is -2.27. The monoisotopic (exact) mass is 264 g/mol. The molecule has 0 spiro atoms. The Bertz CT molecular complexity index is 355. The van der Waals surface area contributed by atoms with Crippen LogP contribution in [0.3, 0.4) is 0 Å². The maximum absolute atomic E-state index is 11.9. The minimum absolute atomic E-state index is 0.0152. The van der Waals surface area contributed by atoms with Crippen LogP contribution in [0.5, 0.6) is 0 Å². The summed E-state index contributed by atoms with van der Waals surface area (Å²) in [6.07, 6.45) is 1.37. The second-order valence-corrected chi connectivity index (χ2v) is 6.49. The van der Waals surface area contributed by atoms with Gasteiger partial charge in [-0.1, -0.05) is 0 Å². The smallest absolute Gasteiger partial charge is 0.222 e. The lowest BCUT2D eigenvalue weighted by atomic mass is 10.2. The number of rotatable bonds is 6. The molecule has 0 aromatic heterocycles. The number of aliphatic hydroxyl groups is 1. The average Bonchev–Trinajstić information content (AvgIpc) is 2.63. The second kappa shape index (κ2) is 6.32. The molecule has 1 rings (SSSR count). The molecule has 1 aliphatic heterocycles. The summed E-state index contributed by atoms with van der Waals surface area (Å²) >= 11 is 0. The Morgan fingerprint density at radius 1 is 1.47 bits per heavy atom. The van der Waals surface area contributed by atoms with Gasteiger partial charge in [0.25, 0.3) is 0 Å². The Hall–Kier alpha value is -0.660. The molecule has 1 unspecified atom stereocenters. The quantitative estimate of drug-likeness (QED) is 0.623.